The maximum atomic E-state index is 12.8. The highest BCUT2D eigenvalue weighted by Gasteiger charge is 2.35. The van der Waals surface area contributed by atoms with Crippen molar-refractivity contribution in [1.29, 1.82) is 0 Å². The van der Waals surface area contributed by atoms with Crippen LogP contribution in [0.4, 0.5) is 0 Å². The minimum absolute atomic E-state index is 0.0620. The summed E-state index contributed by atoms with van der Waals surface area (Å²) in [7, 11) is -3.02. The average molecular weight is 402 g/mol. The van der Waals surface area contributed by atoms with Crippen molar-refractivity contribution < 1.29 is 13.2 Å². The van der Waals surface area contributed by atoms with Gasteiger partial charge in [0.25, 0.3) is 0 Å². The molecule has 1 aliphatic rings. The van der Waals surface area contributed by atoms with Crippen molar-refractivity contribution in [2.45, 2.75) is 36.7 Å². The van der Waals surface area contributed by atoms with Crippen LogP contribution in [-0.4, -0.2) is 58.5 Å². The summed E-state index contributed by atoms with van der Waals surface area (Å²) in [6.07, 6.45) is 0.516. The van der Waals surface area contributed by atoms with Gasteiger partial charge in [-0.15, -0.1) is 0 Å². The Bertz CT molecular complexity index is 897. The van der Waals surface area contributed by atoms with Crippen LogP contribution >= 0.6 is 23.4 Å². The third-order valence-electron chi connectivity index (χ3n) is 4.33. The number of nitrogens with zero attached hydrogens (tertiary/aromatic N) is 2. The summed E-state index contributed by atoms with van der Waals surface area (Å²) in [4.78, 5) is 22.1. The molecule has 2 unspecified atom stereocenters. The zero-order valence-electron chi connectivity index (χ0n) is 14.0. The zero-order chi connectivity index (χ0) is 18.2. The number of aromatic nitrogens is 2. The molecule has 1 amide bonds. The molecule has 1 fully saturated rings. The minimum atomic E-state index is -3.02. The van der Waals surface area contributed by atoms with Gasteiger partial charge in [-0.3, -0.25) is 4.79 Å². The number of H-pyrrole nitrogens is 1. The van der Waals surface area contributed by atoms with Crippen LogP contribution in [0.15, 0.2) is 23.4 Å². The normalized spacial score (nSPS) is 20.7. The number of amides is 1. The van der Waals surface area contributed by atoms with Gasteiger partial charge in [-0.2, -0.15) is 0 Å². The van der Waals surface area contributed by atoms with E-state index >= 15 is 0 Å². The fourth-order valence-corrected chi connectivity index (χ4v) is 5.87. The molecule has 1 aromatic carbocycles. The van der Waals surface area contributed by atoms with Crippen molar-refractivity contribution >= 4 is 50.1 Å². The number of carbonyl (C=O) groups is 1. The van der Waals surface area contributed by atoms with E-state index in [1.165, 1.54) is 11.8 Å². The molecule has 0 aliphatic carbocycles. The van der Waals surface area contributed by atoms with Crippen molar-refractivity contribution in [2.75, 3.05) is 18.1 Å². The Morgan fingerprint density at radius 1 is 1.52 bits per heavy atom. The first-order valence-electron chi connectivity index (χ1n) is 8.12. The van der Waals surface area contributed by atoms with Crippen LogP contribution in [0.25, 0.3) is 11.0 Å². The molecule has 9 heteroatoms. The van der Waals surface area contributed by atoms with Crippen LogP contribution in [0.5, 0.6) is 0 Å². The van der Waals surface area contributed by atoms with Crippen LogP contribution in [-0.2, 0) is 14.6 Å². The van der Waals surface area contributed by atoms with E-state index in [-0.39, 0.29) is 28.7 Å². The zero-order valence-corrected chi connectivity index (χ0v) is 16.4. The molecule has 2 atom stereocenters. The summed E-state index contributed by atoms with van der Waals surface area (Å²) in [6, 6.07) is 5.17. The van der Waals surface area contributed by atoms with Gasteiger partial charge in [0.05, 0.1) is 27.8 Å². The number of imidazole rings is 1. The number of sulfone groups is 1. The lowest BCUT2D eigenvalue weighted by Gasteiger charge is -2.29. The number of nitrogens with one attached hydrogen (secondary N) is 1. The molecule has 0 radical (unpaired) electrons. The molecule has 1 aliphatic heterocycles. The van der Waals surface area contributed by atoms with E-state index in [2.05, 4.69) is 9.97 Å². The average Bonchev–Trinajstić information content (AvgIpc) is 3.09. The number of carbonyl (C=O) groups excluding carboxylic acids is 1. The van der Waals surface area contributed by atoms with Crippen LogP contribution in [0.2, 0.25) is 5.02 Å². The maximum Gasteiger partial charge on any atom is 0.236 e. The van der Waals surface area contributed by atoms with E-state index in [9.17, 15) is 13.2 Å². The SMILES string of the molecule is CCN(C(=O)C(C)Sc1nc2ccc(Cl)cc2[nH]1)C1CCS(=O)(=O)C1. The number of thioether (sulfide) groups is 1. The lowest BCUT2D eigenvalue weighted by atomic mass is 10.2. The predicted octanol–water partition coefficient (Wildman–Crippen LogP) is 2.73. The summed E-state index contributed by atoms with van der Waals surface area (Å²) in [5.74, 6) is 0.161. The lowest BCUT2D eigenvalue weighted by molar-refractivity contribution is -0.131. The molecule has 0 bridgehead atoms. The first-order chi connectivity index (χ1) is 11.8. The molecule has 3 rings (SSSR count). The quantitative estimate of drug-likeness (QED) is 0.779. The fraction of sp³-hybridized carbons (Fsp3) is 0.500. The highest BCUT2D eigenvalue weighted by molar-refractivity contribution is 8.00. The summed E-state index contributed by atoms with van der Waals surface area (Å²) in [6.45, 7) is 4.20. The molecule has 25 heavy (non-hydrogen) atoms. The molecule has 2 heterocycles. The number of rotatable bonds is 5. The molecule has 1 saturated heterocycles. The molecule has 6 nitrogen and oxygen atoms in total. The molecule has 2 aromatic rings. The number of fused-ring (bicyclic) bond motifs is 1. The third-order valence-corrected chi connectivity index (χ3v) is 7.29. The van der Waals surface area contributed by atoms with Crippen LogP contribution in [0.3, 0.4) is 0 Å². The Kier molecular flexibility index (Phi) is 5.31. The van der Waals surface area contributed by atoms with E-state index in [4.69, 9.17) is 11.6 Å². The second-order valence-corrected chi connectivity index (χ2v) is 10.1. The second kappa shape index (κ2) is 7.17. The Labute approximate surface area is 156 Å². The molecule has 1 aromatic heterocycles. The maximum absolute atomic E-state index is 12.8. The Balaban J connectivity index is 1.72. The molecule has 1 N–H and O–H groups in total. The lowest BCUT2D eigenvalue weighted by Crippen LogP contribution is -2.44. The molecule has 136 valence electrons. The van der Waals surface area contributed by atoms with Gasteiger partial charge in [-0.25, -0.2) is 13.4 Å². The van der Waals surface area contributed by atoms with Gasteiger partial charge in [0, 0.05) is 17.6 Å². The number of halogens is 1. The third kappa shape index (κ3) is 4.12. The summed E-state index contributed by atoms with van der Waals surface area (Å²) in [5.41, 5.74) is 1.62. The van der Waals surface area contributed by atoms with E-state index in [0.29, 0.717) is 23.1 Å². The van der Waals surface area contributed by atoms with Crippen molar-refractivity contribution in [3.8, 4) is 0 Å². The van der Waals surface area contributed by atoms with Gasteiger partial charge in [-0.05, 0) is 38.5 Å². The largest absolute Gasteiger partial charge is 0.338 e. The van der Waals surface area contributed by atoms with E-state index < -0.39 is 9.84 Å². The summed E-state index contributed by atoms with van der Waals surface area (Å²) < 4.78 is 23.4. The predicted molar refractivity (Wildman–Crippen MR) is 101 cm³/mol. The van der Waals surface area contributed by atoms with Gasteiger partial charge in [0.15, 0.2) is 15.0 Å². The Hall–Kier alpha value is -1.25. The molecular weight excluding hydrogens is 382 g/mol. The second-order valence-electron chi connectivity index (χ2n) is 6.14. The van der Waals surface area contributed by atoms with Gasteiger partial charge >= 0.3 is 0 Å². The van der Waals surface area contributed by atoms with Crippen LogP contribution < -0.4 is 0 Å². The Morgan fingerprint density at radius 3 is 2.92 bits per heavy atom. The monoisotopic (exact) mass is 401 g/mol. The number of benzene rings is 1. The standard InChI is InChI=1S/C16H20ClN3O3S2/c1-3-20(12-6-7-25(22,23)9-12)15(21)10(2)24-16-18-13-5-4-11(17)8-14(13)19-16/h4-5,8,10,12H,3,6-7,9H2,1-2H3,(H,18,19). The number of aromatic amines is 1. The first kappa shape index (κ1) is 18.5. The van der Waals surface area contributed by atoms with E-state index in [1.54, 1.807) is 17.0 Å². The highest BCUT2D eigenvalue weighted by Crippen LogP contribution is 2.27. The van der Waals surface area contributed by atoms with Crippen LogP contribution in [0, 0.1) is 0 Å². The van der Waals surface area contributed by atoms with Crippen molar-refractivity contribution in [3.05, 3.63) is 23.2 Å². The van der Waals surface area contributed by atoms with Gasteiger partial charge in [0.2, 0.25) is 5.91 Å². The number of hydrogen-bond acceptors (Lipinski definition) is 5. The topological polar surface area (TPSA) is 83.1 Å². The van der Waals surface area contributed by atoms with Gasteiger partial charge < -0.3 is 9.88 Å². The van der Waals surface area contributed by atoms with Crippen LogP contribution in [0.1, 0.15) is 20.3 Å². The summed E-state index contributed by atoms with van der Waals surface area (Å²) in [5, 5.41) is 0.906. The van der Waals surface area contributed by atoms with E-state index in [1.807, 2.05) is 19.9 Å². The minimum Gasteiger partial charge on any atom is -0.338 e. The highest BCUT2D eigenvalue weighted by atomic mass is 35.5. The van der Waals surface area contributed by atoms with E-state index in [0.717, 1.165) is 11.0 Å². The van der Waals surface area contributed by atoms with Crippen molar-refractivity contribution in [1.82, 2.24) is 14.9 Å². The first-order valence-corrected chi connectivity index (χ1v) is 11.2. The summed E-state index contributed by atoms with van der Waals surface area (Å²) >= 11 is 7.31. The molecule has 0 saturated carbocycles. The Morgan fingerprint density at radius 2 is 2.28 bits per heavy atom. The van der Waals surface area contributed by atoms with Crippen molar-refractivity contribution in [2.24, 2.45) is 0 Å². The van der Waals surface area contributed by atoms with Gasteiger partial charge in [-0.1, -0.05) is 23.4 Å². The molecule has 0 spiro atoms. The molecular formula is C16H20ClN3O3S2. The van der Waals surface area contributed by atoms with Crippen molar-refractivity contribution in [3.63, 3.8) is 0 Å². The number of hydrogen-bond donors (Lipinski definition) is 1. The fourth-order valence-electron chi connectivity index (χ4n) is 3.08. The smallest absolute Gasteiger partial charge is 0.236 e. The van der Waals surface area contributed by atoms with Gasteiger partial charge in [0.1, 0.15) is 0 Å².